The fourth-order valence-electron chi connectivity index (χ4n) is 5.54. The number of aliphatic carboxylic acids is 1. The maximum Gasteiger partial charge on any atom is 0.335 e. The Kier molecular flexibility index (Phi) is 8.83. The first-order valence-electron chi connectivity index (χ1n) is 13.4. The number of ether oxygens (including phenoxy) is 5. The lowest BCUT2D eigenvalue weighted by molar-refractivity contribution is -0.372. The predicted molar refractivity (Wildman–Crippen MR) is 142 cm³/mol. The molecule has 42 heavy (non-hydrogen) atoms. The van der Waals surface area contributed by atoms with Crippen molar-refractivity contribution >= 4 is 17.6 Å². The fourth-order valence-corrected chi connectivity index (χ4v) is 5.72. The predicted octanol–water partition coefficient (Wildman–Crippen LogP) is -0.727. The van der Waals surface area contributed by atoms with Gasteiger partial charge in [-0.25, -0.2) is 4.79 Å². The van der Waals surface area contributed by atoms with Crippen molar-refractivity contribution in [1.82, 2.24) is 0 Å². The number of fused-ring (bicyclic) bond motifs is 2. The molecule has 230 valence electrons. The normalized spacial score (nSPS) is 37.9. The summed E-state index contributed by atoms with van der Waals surface area (Å²) < 4.78 is 28.4. The number of carboxylic acids is 1. The maximum atomic E-state index is 11.6. The molecule has 3 heterocycles. The van der Waals surface area contributed by atoms with E-state index in [-0.39, 0.29) is 12.2 Å². The van der Waals surface area contributed by atoms with Crippen LogP contribution in [-0.2, 0) is 35.9 Å². The zero-order chi connectivity index (χ0) is 30.4. The highest BCUT2D eigenvalue weighted by atomic mass is 35.5. The number of aliphatic hydroxyl groups excluding tert-OH is 6. The Balaban J connectivity index is 1.46. The van der Waals surface area contributed by atoms with E-state index in [1.54, 1.807) is 18.2 Å². The molecule has 0 spiro atoms. The third kappa shape index (κ3) is 5.29. The first-order chi connectivity index (χ1) is 20.0. The van der Waals surface area contributed by atoms with Gasteiger partial charge < -0.3 is 59.4 Å². The van der Waals surface area contributed by atoms with Gasteiger partial charge in [0.1, 0.15) is 48.0 Å². The minimum atomic E-state index is -1.99. The van der Waals surface area contributed by atoms with E-state index in [4.69, 9.17) is 35.3 Å². The molecule has 0 saturated carbocycles. The van der Waals surface area contributed by atoms with Crippen LogP contribution in [0.5, 0.6) is 5.75 Å². The summed E-state index contributed by atoms with van der Waals surface area (Å²) in [7, 11) is 0. The van der Waals surface area contributed by atoms with Crippen molar-refractivity contribution < 1.29 is 64.2 Å². The molecule has 0 aliphatic carbocycles. The SMILES string of the molecule is CCOc1ccc(Cc2cc([C@@]34OC[C@@](CO)(O3)[C@H](O)[C@@H](O[C@@H]3O[C@H](C(=O)O)[C@@H](O)[C@H](O)[C@H]3O)[C@@H]4O)ccc2Cl)cc1. The van der Waals surface area contributed by atoms with E-state index in [2.05, 4.69) is 0 Å². The zero-order valence-electron chi connectivity index (χ0n) is 22.4. The van der Waals surface area contributed by atoms with E-state index in [1.807, 2.05) is 31.2 Å². The topological polar surface area (TPSA) is 205 Å². The molecule has 5 rings (SSSR count). The summed E-state index contributed by atoms with van der Waals surface area (Å²) >= 11 is 6.51. The van der Waals surface area contributed by atoms with E-state index in [1.165, 1.54) is 0 Å². The molecular formula is C28H33ClO13. The lowest BCUT2D eigenvalue weighted by Gasteiger charge is -2.49. The summed E-state index contributed by atoms with van der Waals surface area (Å²) in [5, 5.41) is 73.4. The Morgan fingerprint density at radius 2 is 1.74 bits per heavy atom. The summed E-state index contributed by atoms with van der Waals surface area (Å²) in [4.78, 5) is 11.5. The Labute approximate surface area is 245 Å². The van der Waals surface area contributed by atoms with Gasteiger partial charge in [0.25, 0.3) is 0 Å². The first-order valence-corrected chi connectivity index (χ1v) is 13.7. The molecule has 2 bridgehead atoms. The molecule has 14 heteroatoms. The van der Waals surface area contributed by atoms with E-state index < -0.39 is 73.0 Å². The molecule has 3 aliphatic heterocycles. The van der Waals surface area contributed by atoms with Crippen LogP contribution in [0.15, 0.2) is 42.5 Å². The van der Waals surface area contributed by atoms with E-state index >= 15 is 0 Å². The van der Waals surface area contributed by atoms with Crippen LogP contribution in [0.4, 0.5) is 0 Å². The van der Waals surface area contributed by atoms with Crippen molar-refractivity contribution in [1.29, 1.82) is 0 Å². The van der Waals surface area contributed by atoms with Crippen LogP contribution < -0.4 is 4.74 Å². The van der Waals surface area contributed by atoms with Crippen molar-refractivity contribution in [2.45, 2.75) is 73.8 Å². The minimum absolute atomic E-state index is 0.278. The Hall–Kier alpha value is -2.40. The van der Waals surface area contributed by atoms with Gasteiger partial charge in [0.05, 0.1) is 19.8 Å². The lowest BCUT2D eigenvalue weighted by Crippen LogP contribution is -2.68. The van der Waals surface area contributed by atoms with Crippen LogP contribution in [0.1, 0.15) is 23.6 Å². The monoisotopic (exact) mass is 612 g/mol. The standard InChI is InChI=1S/C28H33ClO13/c1-2-38-16-6-3-13(4-7-16)9-14-10-15(5-8-17(14)29)28-24(35)22(23(34)27(11-30,42-28)12-39-28)41-26-20(33)18(31)19(32)21(40-26)25(36)37/h3-8,10,18-24,26,30-35H,2,9,11-12H2,1H3,(H,36,37)/t18-,19-,20+,21-,22+,23+,24-,26-,27+,28+/m0/s1. The van der Waals surface area contributed by atoms with Gasteiger partial charge in [-0.1, -0.05) is 29.8 Å². The van der Waals surface area contributed by atoms with E-state index in [0.717, 1.165) is 5.56 Å². The number of carboxylic acid groups (broad SMARTS) is 1. The summed E-state index contributed by atoms with van der Waals surface area (Å²) in [5.41, 5.74) is 0.0404. The van der Waals surface area contributed by atoms with E-state index in [0.29, 0.717) is 29.4 Å². The van der Waals surface area contributed by atoms with Gasteiger partial charge in [-0.2, -0.15) is 0 Å². The third-order valence-electron chi connectivity index (χ3n) is 7.89. The Bertz CT molecular complexity index is 1280. The second kappa shape index (κ2) is 11.9. The van der Waals surface area contributed by atoms with Crippen molar-refractivity contribution in [3.05, 3.63) is 64.2 Å². The highest BCUT2D eigenvalue weighted by Gasteiger charge is 2.68. The number of benzene rings is 2. The molecule has 2 aromatic carbocycles. The van der Waals surface area contributed by atoms with Gasteiger partial charge in [0.2, 0.25) is 5.79 Å². The van der Waals surface area contributed by atoms with Crippen molar-refractivity contribution in [2.75, 3.05) is 19.8 Å². The molecule has 0 radical (unpaired) electrons. The van der Waals surface area contributed by atoms with Crippen LogP contribution in [0.25, 0.3) is 0 Å². The zero-order valence-corrected chi connectivity index (χ0v) is 23.2. The second-order valence-corrected chi connectivity index (χ2v) is 11.0. The number of carbonyl (C=O) groups is 1. The molecule has 10 atom stereocenters. The van der Waals surface area contributed by atoms with Gasteiger partial charge >= 0.3 is 5.97 Å². The molecule has 0 aromatic heterocycles. The molecule has 7 N–H and O–H groups in total. The van der Waals surface area contributed by atoms with E-state index in [9.17, 15) is 40.5 Å². The summed E-state index contributed by atoms with van der Waals surface area (Å²) in [5.74, 6) is -2.91. The van der Waals surface area contributed by atoms with Crippen LogP contribution in [0, 0.1) is 0 Å². The minimum Gasteiger partial charge on any atom is -0.494 e. The Morgan fingerprint density at radius 3 is 2.38 bits per heavy atom. The number of hydrogen-bond acceptors (Lipinski definition) is 12. The number of hydrogen-bond donors (Lipinski definition) is 7. The summed E-state index contributed by atoms with van der Waals surface area (Å²) in [6.07, 6.45) is -14.7. The molecule has 3 aliphatic rings. The molecule has 3 fully saturated rings. The number of aliphatic hydroxyl groups is 6. The van der Waals surface area contributed by atoms with Gasteiger partial charge in [0.15, 0.2) is 12.4 Å². The molecule has 0 amide bonds. The average Bonchev–Trinajstić information content (AvgIpc) is 3.36. The van der Waals surface area contributed by atoms with Crippen LogP contribution in [0.2, 0.25) is 5.02 Å². The molecule has 3 saturated heterocycles. The van der Waals surface area contributed by atoms with Gasteiger partial charge in [0, 0.05) is 10.6 Å². The smallest absolute Gasteiger partial charge is 0.335 e. The number of rotatable bonds is 9. The second-order valence-electron chi connectivity index (χ2n) is 10.6. The highest BCUT2D eigenvalue weighted by Crippen LogP contribution is 2.51. The average molecular weight is 613 g/mol. The quantitative estimate of drug-likeness (QED) is 0.187. The molecule has 13 nitrogen and oxygen atoms in total. The molecule has 2 aromatic rings. The number of halogens is 1. The van der Waals surface area contributed by atoms with Gasteiger partial charge in [-0.05, 0) is 48.7 Å². The molecular weight excluding hydrogens is 580 g/mol. The van der Waals surface area contributed by atoms with Crippen LogP contribution >= 0.6 is 11.6 Å². The van der Waals surface area contributed by atoms with Crippen LogP contribution in [0.3, 0.4) is 0 Å². The largest absolute Gasteiger partial charge is 0.494 e. The third-order valence-corrected chi connectivity index (χ3v) is 8.25. The van der Waals surface area contributed by atoms with Crippen molar-refractivity contribution in [3.8, 4) is 5.75 Å². The summed E-state index contributed by atoms with van der Waals surface area (Å²) in [6, 6.07) is 12.2. The first kappa shape index (κ1) is 31.0. The van der Waals surface area contributed by atoms with Crippen LogP contribution in [-0.4, -0.2) is 116 Å². The Morgan fingerprint density at radius 1 is 1.02 bits per heavy atom. The molecule has 0 unspecified atom stereocenters. The highest BCUT2D eigenvalue weighted by molar-refractivity contribution is 6.31. The van der Waals surface area contributed by atoms with Gasteiger partial charge in [-0.15, -0.1) is 0 Å². The maximum absolute atomic E-state index is 11.6. The van der Waals surface area contributed by atoms with Crippen molar-refractivity contribution in [2.24, 2.45) is 0 Å². The lowest BCUT2D eigenvalue weighted by atomic mass is 9.83. The van der Waals surface area contributed by atoms with Crippen molar-refractivity contribution in [3.63, 3.8) is 0 Å². The fraction of sp³-hybridized carbons (Fsp3) is 0.536. The van der Waals surface area contributed by atoms with Gasteiger partial charge in [-0.3, -0.25) is 0 Å². The summed E-state index contributed by atoms with van der Waals surface area (Å²) in [6.45, 7) is 1.28.